The van der Waals surface area contributed by atoms with Gasteiger partial charge >= 0.3 is 0 Å². The first-order valence-corrected chi connectivity index (χ1v) is 8.28. The number of hydrogen-bond donors (Lipinski definition) is 1. The molecule has 0 aromatic carbocycles. The summed E-state index contributed by atoms with van der Waals surface area (Å²) in [4.78, 5) is 4.40. The molecule has 6 heteroatoms. The number of sulfone groups is 1. The van der Waals surface area contributed by atoms with Gasteiger partial charge in [0.05, 0.1) is 17.5 Å². The maximum atomic E-state index is 11.6. The van der Waals surface area contributed by atoms with E-state index in [2.05, 4.69) is 21.8 Å². The average Bonchev–Trinajstić information content (AvgIpc) is 2.89. The molecule has 0 bridgehead atoms. The minimum atomic E-state index is -2.84. The van der Waals surface area contributed by atoms with E-state index >= 15 is 0 Å². The van der Waals surface area contributed by atoms with E-state index in [1.807, 2.05) is 13.2 Å². The average molecular weight is 271 g/mol. The number of nitrogens with zero attached hydrogens (tertiary/aromatic N) is 2. The zero-order chi connectivity index (χ0) is 13.2. The molecule has 5 nitrogen and oxygen atoms in total. The van der Waals surface area contributed by atoms with Gasteiger partial charge in [-0.2, -0.15) is 0 Å². The van der Waals surface area contributed by atoms with Gasteiger partial charge in [0.25, 0.3) is 0 Å². The highest BCUT2D eigenvalue weighted by atomic mass is 32.2. The molecule has 102 valence electrons. The number of aryl methyl sites for hydroxylation is 1. The minimum Gasteiger partial charge on any atom is -0.334 e. The van der Waals surface area contributed by atoms with Crippen LogP contribution in [0.3, 0.4) is 0 Å². The molecule has 0 aliphatic carbocycles. The zero-order valence-electron chi connectivity index (χ0n) is 11.0. The van der Waals surface area contributed by atoms with Crippen molar-refractivity contribution in [3.05, 3.63) is 18.2 Å². The molecule has 2 rings (SSSR count). The molecule has 1 fully saturated rings. The molecule has 2 heterocycles. The van der Waals surface area contributed by atoms with Crippen LogP contribution in [0.15, 0.2) is 12.4 Å². The van der Waals surface area contributed by atoms with Crippen LogP contribution in [-0.2, 0) is 16.4 Å². The fraction of sp³-hybridized carbons (Fsp3) is 0.750. The maximum absolute atomic E-state index is 11.6. The molecule has 0 radical (unpaired) electrons. The van der Waals surface area contributed by atoms with E-state index in [0.717, 1.165) is 25.2 Å². The number of rotatable bonds is 5. The van der Waals surface area contributed by atoms with Gasteiger partial charge in [-0.15, -0.1) is 0 Å². The Morgan fingerprint density at radius 1 is 1.61 bits per heavy atom. The van der Waals surface area contributed by atoms with E-state index < -0.39 is 9.84 Å². The van der Waals surface area contributed by atoms with Gasteiger partial charge in [-0.3, -0.25) is 0 Å². The normalized spacial score (nSPS) is 24.2. The van der Waals surface area contributed by atoms with Crippen molar-refractivity contribution in [1.29, 1.82) is 0 Å². The fourth-order valence-corrected chi connectivity index (χ4v) is 4.53. The van der Waals surface area contributed by atoms with Crippen molar-refractivity contribution in [3.8, 4) is 0 Å². The van der Waals surface area contributed by atoms with E-state index in [1.54, 1.807) is 6.20 Å². The highest BCUT2D eigenvalue weighted by molar-refractivity contribution is 7.91. The first-order valence-electron chi connectivity index (χ1n) is 6.46. The lowest BCUT2D eigenvalue weighted by Crippen LogP contribution is -2.29. The smallest absolute Gasteiger partial charge is 0.150 e. The lowest BCUT2D eigenvalue weighted by atomic mass is 9.98. The summed E-state index contributed by atoms with van der Waals surface area (Å²) >= 11 is 0. The van der Waals surface area contributed by atoms with Crippen molar-refractivity contribution in [2.75, 3.05) is 18.6 Å². The Balaban J connectivity index is 2.20. The van der Waals surface area contributed by atoms with Crippen LogP contribution < -0.4 is 5.32 Å². The third-order valence-electron chi connectivity index (χ3n) is 3.54. The summed E-state index contributed by atoms with van der Waals surface area (Å²) < 4.78 is 25.3. The first-order chi connectivity index (χ1) is 8.57. The zero-order valence-corrected chi connectivity index (χ0v) is 11.8. The monoisotopic (exact) mass is 271 g/mol. The highest BCUT2D eigenvalue weighted by Crippen LogP contribution is 2.30. The van der Waals surface area contributed by atoms with Gasteiger partial charge in [-0.1, -0.05) is 6.92 Å². The van der Waals surface area contributed by atoms with Crippen molar-refractivity contribution in [3.63, 3.8) is 0 Å². The van der Waals surface area contributed by atoms with E-state index in [9.17, 15) is 8.42 Å². The lowest BCUT2D eigenvalue weighted by molar-refractivity contribution is 0.385. The van der Waals surface area contributed by atoms with E-state index in [1.165, 1.54) is 0 Å². The largest absolute Gasteiger partial charge is 0.334 e. The molecule has 1 aromatic heterocycles. The summed E-state index contributed by atoms with van der Waals surface area (Å²) in [7, 11) is -0.968. The molecule has 0 spiro atoms. The van der Waals surface area contributed by atoms with Gasteiger partial charge in [0, 0.05) is 18.9 Å². The van der Waals surface area contributed by atoms with Gasteiger partial charge < -0.3 is 9.88 Å². The second kappa shape index (κ2) is 5.40. The van der Waals surface area contributed by atoms with Crippen LogP contribution in [0.1, 0.15) is 31.6 Å². The molecule has 2 unspecified atom stereocenters. The van der Waals surface area contributed by atoms with Gasteiger partial charge in [-0.05, 0) is 25.8 Å². The van der Waals surface area contributed by atoms with Crippen LogP contribution in [0.2, 0.25) is 0 Å². The number of hydrogen-bond acceptors (Lipinski definition) is 4. The molecule has 18 heavy (non-hydrogen) atoms. The van der Waals surface area contributed by atoms with Crippen molar-refractivity contribution in [2.24, 2.45) is 5.92 Å². The minimum absolute atomic E-state index is 0.0313. The SMILES string of the molecule is CCCn1ccnc1C(NC)C1CCS(=O)(=O)C1. The van der Waals surface area contributed by atoms with Gasteiger partial charge in [0.1, 0.15) is 5.82 Å². The molecular weight excluding hydrogens is 250 g/mol. The van der Waals surface area contributed by atoms with Crippen LogP contribution in [0.4, 0.5) is 0 Å². The molecule has 0 saturated carbocycles. The predicted octanol–water partition coefficient (Wildman–Crippen LogP) is 0.988. The standard InChI is InChI=1S/C12H21N3O2S/c1-3-6-15-7-5-14-12(15)11(13-2)10-4-8-18(16,17)9-10/h5,7,10-11,13H,3-4,6,8-9H2,1-2H3. The molecule has 1 aliphatic heterocycles. The molecule has 2 atom stereocenters. The quantitative estimate of drug-likeness (QED) is 0.867. The second-order valence-corrected chi connectivity index (χ2v) is 7.14. The fourth-order valence-electron chi connectivity index (χ4n) is 2.69. The number of nitrogens with one attached hydrogen (secondary N) is 1. The summed E-state index contributed by atoms with van der Waals surface area (Å²) in [5.41, 5.74) is 0. The summed E-state index contributed by atoms with van der Waals surface area (Å²) in [6, 6.07) is 0.0313. The maximum Gasteiger partial charge on any atom is 0.150 e. The number of aromatic nitrogens is 2. The summed E-state index contributed by atoms with van der Waals surface area (Å²) in [6.07, 6.45) is 5.53. The third kappa shape index (κ3) is 2.75. The molecule has 1 saturated heterocycles. The molecular formula is C12H21N3O2S. The van der Waals surface area contributed by atoms with E-state index in [4.69, 9.17) is 0 Å². The lowest BCUT2D eigenvalue weighted by Gasteiger charge is -2.22. The van der Waals surface area contributed by atoms with Gasteiger partial charge in [0.15, 0.2) is 9.84 Å². The van der Waals surface area contributed by atoms with Crippen LogP contribution in [0.25, 0.3) is 0 Å². The number of imidazole rings is 1. The van der Waals surface area contributed by atoms with E-state index in [-0.39, 0.29) is 17.7 Å². The highest BCUT2D eigenvalue weighted by Gasteiger charge is 2.35. The van der Waals surface area contributed by atoms with Crippen LogP contribution in [-0.4, -0.2) is 36.5 Å². The van der Waals surface area contributed by atoms with Gasteiger partial charge in [-0.25, -0.2) is 13.4 Å². The van der Waals surface area contributed by atoms with Crippen molar-refractivity contribution in [1.82, 2.24) is 14.9 Å². The summed E-state index contributed by atoms with van der Waals surface area (Å²) in [5, 5.41) is 3.24. The van der Waals surface area contributed by atoms with Crippen molar-refractivity contribution < 1.29 is 8.42 Å². The van der Waals surface area contributed by atoms with Gasteiger partial charge in [0.2, 0.25) is 0 Å². The Hall–Kier alpha value is -0.880. The topological polar surface area (TPSA) is 64.0 Å². The predicted molar refractivity (Wildman–Crippen MR) is 71.1 cm³/mol. The van der Waals surface area contributed by atoms with Crippen molar-refractivity contribution in [2.45, 2.75) is 32.4 Å². The second-order valence-electron chi connectivity index (χ2n) is 4.91. The molecule has 0 amide bonds. The Bertz CT molecular complexity index is 495. The molecule has 1 N–H and O–H groups in total. The van der Waals surface area contributed by atoms with Crippen LogP contribution >= 0.6 is 0 Å². The Morgan fingerprint density at radius 2 is 2.39 bits per heavy atom. The molecule has 1 aromatic rings. The van der Waals surface area contributed by atoms with Crippen molar-refractivity contribution >= 4 is 9.84 Å². The Morgan fingerprint density at radius 3 is 2.94 bits per heavy atom. The Kier molecular flexibility index (Phi) is 4.07. The molecule has 1 aliphatic rings. The Labute approximate surface area is 109 Å². The van der Waals surface area contributed by atoms with Crippen LogP contribution in [0, 0.1) is 5.92 Å². The van der Waals surface area contributed by atoms with E-state index in [0.29, 0.717) is 5.75 Å². The van der Waals surface area contributed by atoms with Crippen LogP contribution in [0.5, 0.6) is 0 Å². The third-order valence-corrected chi connectivity index (χ3v) is 5.33. The first kappa shape index (κ1) is 13.5. The summed E-state index contributed by atoms with van der Waals surface area (Å²) in [5.74, 6) is 1.68. The summed E-state index contributed by atoms with van der Waals surface area (Å²) in [6.45, 7) is 3.05.